The highest BCUT2D eigenvalue weighted by Crippen LogP contribution is 2.05. The molecule has 0 aliphatic carbocycles. The summed E-state index contributed by atoms with van der Waals surface area (Å²) in [4.78, 5) is 0. The summed E-state index contributed by atoms with van der Waals surface area (Å²) in [5, 5.41) is 0. The van der Waals surface area contributed by atoms with Gasteiger partial charge in [0.1, 0.15) is 0 Å². The first-order valence-corrected chi connectivity index (χ1v) is 5.44. The van der Waals surface area contributed by atoms with Crippen LogP contribution in [0.3, 0.4) is 0 Å². The lowest BCUT2D eigenvalue weighted by molar-refractivity contribution is -0.890. The summed E-state index contributed by atoms with van der Waals surface area (Å²) in [6, 6.07) is 0. The summed E-state index contributed by atoms with van der Waals surface area (Å²) in [6.45, 7) is 7.22. The molecule has 0 rings (SSSR count). The lowest BCUT2D eigenvalue weighted by Crippen LogP contribution is -3.00. The SMILES string of the molecule is CCCCCC[N+](C)(C)CCC.[Cl-]. The molecule has 0 aromatic carbocycles. The second kappa shape index (κ2) is 8.83. The van der Waals surface area contributed by atoms with Gasteiger partial charge in [-0.2, -0.15) is 0 Å². The summed E-state index contributed by atoms with van der Waals surface area (Å²) in [5.74, 6) is 0. The zero-order chi connectivity index (χ0) is 9.45. The van der Waals surface area contributed by atoms with Gasteiger partial charge in [-0.05, 0) is 19.3 Å². The number of halogens is 1. The zero-order valence-electron chi connectivity index (χ0n) is 9.77. The highest BCUT2D eigenvalue weighted by atomic mass is 35.5. The fourth-order valence-corrected chi connectivity index (χ4v) is 1.68. The minimum atomic E-state index is 0. The molecule has 0 heterocycles. The zero-order valence-corrected chi connectivity index (χ0v) is 10.5. The van der Waals surface area contributed by atoms with E-state index in [0.29, 0.717) is 0 Å². The van der Waals surface area contributed by atoms with E-state index in [0.717, 1.165) is 0 Å². The summed E-state index contributed by atoms with van der Waals surface area (Å²) in [5.41, 5.74) is 0. The third-order valence-electron chi connectivity index (χ3n) is 2.45. The highest BCUT2D eigenvalue weighted by Gasteiger charge is 2.11. The molecule has 0 radical (unpaired) electrons. The first-order valence-electron chi connectivity index (χ1n) is 5.44. The molecule has 0 saturated carbocycles. The maximum absolute atomic E-state index is 2.34. The van der Waals surface area contributed by atoms with E-state index in [1.165, 1.54) is 49.7 Å². The Hall–Kier alpha value is 0.250. The molecule has 0 saturated heterocycles. The van der Waals surface area contributed by atoms with E-state index < -0.39 is 0 Å². The van der Waals surface area contributed by atoms with Crippen molar-refractivity contribution in [3.05, 3.63) is 0 Å². The van der Waals surface area contributed by atoms with Gasteiger partial charge in [-0.1, -0.05) is 26.7 Å². The van der Waals surface area contributed by atoms with E-state index in [2.05, 4.69) is 27.9 Å². The average Bonchev–Trinajstić information content (AvgIpc) is 1.98. The van der Waals surface area contributed by atoms with Crippen molar-refractivity contribution in [3.8, 4) is 0 Å². The van der Waals surface area contributed by atoms with Gasteiger partial charge in [0.2, 0.25) is 0 Å². The average molecular weight is 208 g/mol. The predicted molar refractivity (Wildman–Crippen MR) is 56.3 cm³/mol. The summed E-state index contributed by atoms with van der Waals surface area (Å²) < 4.78 is 1.21. The van der Waals surface area contributed by atoms with E-state index in [4.69, 9.17) is 0 Å². The standard InChI is InChI=1S/C11H26N.ClH/c1-5-7-8-9-11-12(3,4)10-6-2;/h5-11H2,1-4H3;1H/q+1;/p-1. The lowest BCUT2D eigenvalue weighted by Gasteiger charge is -2.29. The van der Waals surface area contributed by atoms with Crippen molar-refractivity contribution in [3.63, 3.8) is 0 Å². The van der Waals surface area contributed by atoms with E-state index in [9.17, 15) is 0 Å². The van der Waals surface area contributed by atoms with Crippen molar-refractivity contribution >= 4 is 0 Å². The van der Waals surface area contributed by atoms with E-state index >= 15 is 0 Å². The second-order valence-corrected chi connectivity index (χ2v) is 4.44. The van der Waals surface area contributed by atoms with E-state index in [1.807, 2.05) is 0 Å². The van der Waals surface area contributed by atoms with E-state index in [1.54, 1.807) is 0 Å². The van der Waals surface area contributed by atoms with Crippen molar-refractivity contribution in [1.82, 2.24) is 0 Å². The number of hydrogen-bond donors (Lipinski definition) is 0. The minimum Gasteiger partial charge on any atom is -1.00 e. The maximum atomic E-state index is 2.34. The van der Waals surface area contributed by atoms with Crippen molar-refractivity contribution in [2.75, 3.05) is 27.2 Å². The molecule has 13 heavy (non-hydrogen) atoms. The van der Waals surface area contributed by atoms with Crippen LogP contribution in [-0.2, 0) is 0 Å². The van der Waals surface area contributed by atoms with Crippen LogP contribution < -0.4 is 12.4 Å². The largest absolute Gasteiger partial charge is 1.00 e. The number of rotatable bonds is 7. The Morgan fingerprint density at radius 1 is 0.769 bits per heavy atom. The molecule has 0 spiro atoms. The molecule has 0 aromatic heterocycles. The Bertz CT molecular complexity index is 102. The summed E-state index contributed by atoms with van der Waals surface area (Å²) >= 11 is 0. The number of unbranched alkanes of at least 4 members (excludes halogenated alkanes) is 3. The van der Waals surface area contributed by atoms with Crippen LogP contribution in [0.25, 0.3) is 0 Å². The molecular formula is C11H26ClN. The first kappa shape index (κ1) is 15.7. The van der Waals surface area contributed by atoms with Crippen LogP contribution in [0.5, 0.6) is 0 Å². The van der Waals surface area contributed by atoms with E-state index in [-0.39, 0.29) is 12.4 Å². The molecule has 0 unspecified atom stereocenters. The van der Waals surface area contributed by atoms with Gasteiger partial charge in [-0.3, -0.25) is 0 Å². The molecule has 0 N–H and O–H groups in total. The highest BCUT2D eigenvalue weighted by molar-refractivity contribution is 4.40. The third-order valence-corrected chi connectivity index (χ3v) is 2.45. The fourth-order valence-electron chi connectivity index (χ4n) is 1.68. The molecule has 82 valence electrons. The Balaban J connectivity index is 0. The van der Waals surface area contributed by atoms with Crippen LogP contribution in [0.4, 0.5) is 0 Å². The van der Waals surface area contributed by atoms with Gasteiger partial charge in [0.25, 0.3) is 0 Å². The predicted octanol–water partition coefficient (Wildman–Crippen LogP) is 0.0571. The maximum Gasteiger partial charge on any atom is 0.0782 e. The van der Waals surface area contributed by atoms with Crippen LogP contribution >= 0.6 is 0 Å². The molecular weight excluding hydrogens is 182 g/mol. The van der Waals surface area contributed by atoms with Crippen LogP contribution in [0, 0.1) is 0 Å². The van der Waals surface area contributed by atoms with Crippen LogP contribution in [-0.4, -0.2) is 31.7 Å². The molecule has 0 bridgehead atoms. The Morgan fingerprint density at radius 2 is 1.38 bits per heavy atom. The van der Waals surface area contributed by atoms with Crippen LogP contribution in [0.1, 0.15) is 46.0 Å². The summed E-state index contributed by atoms with van der Waals surface area (Å²) in [7, 11) is 4.69. The van der Waals surface area contributed by atoms with Gasteiger partial charge in [0, 0.05) is 0 Å². The minimum absolute atomic E-state index is 0. The molecule has 1 nitrogen and oxygen atoms in total. The van der Waals surface area contributed by atoms with Gasteiger partial charge in [0.15, 0.2) is 0 Å². The molecule has 0 amide bonds. The lowest BCUT2D eigenvalue weighted by atomic mass is 10.2. The first-order chi connectivity index (χ1) is 5.62. The van der Waals surface area contributed by atoms with Crippen LogP contribution in [0.15, 0.2) is 0 Å². The molecule has 0 fully saturated rings. The quantitative estimate of drug-likeness (QED) is 0.409. The smallest absolute Gasteiger partial charge is 0.0782 e. The van der Waals surface area contributed by atoms with Gasteiger partial charge in [-0.25, -0.2) is 0 Å². The Labute approximate surface area is 90.5 Å². The molecule has 0 atom stereocenters. The van der Waals surface area contributed by atoms with Crippen LogP contribution in [0.2, 0.25) is 0 Å². The third kappa shape index (κ3) is 10.2. The van der Waals surface area contributed by atoms with Crippen molar-refractivity contribution in [2.45, 2.75) is 46.0 Å². The second-order valence-electron chi connectivity index (χ2n) is 4.44. The summed E-state index contributed by atoms with van der Waals surface area (Å²) in [6.07, 6.45) is 6.89. The molecule has 0 aliphatic rings. The Morgan fingerprint density at radius 3 is 1.85 bits per heavy atom. The number of hydrogen-bond acceptors (Lipinski definition) is 0. The van der Waals surface area contributed by atoms with Gasteiger partial charge in [-0.15, -0.1) is 0 Å². The van der Waals surface area contributed by atoms with Gasteiger partial charge >= 0.3 is 0 Å². The van der Waals surface area contributed by atoms with Gasteiger partial charge in [0.05, 0.1) is 27.2 Å². The normalized spacial score (nSPS) is 11.1. The molecule has 0 aromatic rings. The monoisotopic (exact) mass is 207 g/mol. The molecule has 0 aliphatic heterocycles. The van der Waals surface area contributed by atoms with Crippen molar-refractivity contribution in [2.24, 2.45) is 0 Å². The van der Waals surface area contributed by atoms with Gasteiger partial charge < -0.3 is 16.9 Å². The Kier molecular flexibility index (Phi) is 10.7. The topological polar surface area (TPSA) is 0 Å². The fraction of sp³-hybridized carbons (Fsp3) is 1.00. The number of nitrogens with zero attached hydrogens (tertiary/aromatic N) is 1. The van der Waals surface area contributed by atoms with Crippen molar-refractivity contribution < 1.29 is 16.9 Å². The number of quaternary nitrogens is 1. The molecule has 2 heteroatoms. The van der Waals surface area contributed by atoms with Crippen molar-refractivity contribution in [1.29, 1.82) is 0 Å².